The zero-order valence-electron chi connectivity index (χ0n) is 15.0. The second kappa shape index (κ2) is 7.16. The van der Waals surface area contributed by atoms with Crippen molar-refractivity contribution in [2.45, 2.75) is 38.5 Å². The molecule has 0 spiro atoms. The largest absolute Gasteiger partial charge is 0.360 e. The van der Waals surface area contributed by atoms with Gasteiger partial charge in [0.2, 0.25) is 15.9 Å². The number of aromatic nitrogens is 2. The molecule has 1 N–H and O–H groups in total. The number of anilines is 1. The zero-order chi connectivity index (χ0) is 18.9. The molecule has 140 valence electrons. The molecule has 1 aliphatic heterocycles. The molecule has 3 rings (SSSR count). The van der Waals surface area contributed by atoms with E-state index in [1.165, 1.54) is 4.31 Å². The highest BCUT2D eigenvalue weighted by Gasteiger charge is 2.35. The van der Waals surface area contributed by atoms with Crippen LogP contribution in [0.15, 0.2) is 27.7 Å². The lowest BCUT2D eigenvalue weighted by molar-refractivity contribution is -0.120. The first-order chi connectivity index (χ1) is 12.3. The number of piperidine rings is 1. The van der Waals surface area contributed by atoms with Crippen LogP contribution in [-0.4, -0.2) is 41.9 Å². The predicted molar refractivity (Wildman–Crippen MR) is 95.1 cm³/mol. The summed E-state index contributed by atoms with van der Waals surface area (Å²) in [6.45, 7) is 5.64. The van der Waals surface area contributed by atoms with Crippen LogP contribution in [0, 0.1) is 26.7 Å². The maximum absolute atomic E-state index is 12.8. The van der Waals surface area contributed by atoms with Gasteiger partial charge in [-0.3, -0.25) is 4.79 Å². The number of carbonyl (C=O) groups is 1. The summed E-state index contributed by atoms with van der Waals surface area (Å²) in [6.07, 6.45) is 2.54. The number of hydrogen-bond acceptors (Lipinski definition) is 6. The van der Waals surface area contributed by atoms with Crippen molar-refractivity contribution in [1.29, 1.82) is 0 Å². The Bertz CT molecular complexity index is 895. The van der Waals surface area contributed by atoms with Crippen molar-refractivity contribution in [1.82, 2.24) is 14.4 Å². The Hall–Kier alpha value is -2.26. The second-order valence-corrected chi connectivity index (χ2v) is 8.36. The van der Waals surface area contributed by atoms with Crippen LogP contribution in [0.5, 0.6) is 0 Å². The van der Waals surface area contributed by atoms with Gasteiger partial charge in [0.05, 0.1) is 0 Å². The predicted octanol–water partition coefficient (Wildman–Crippen LogP) is 2.03. The van der Waals surface area contributed by atoms with Gasteiger partial charge in [0.15, 0.2) is 5.76 Å². The molecule has 0 bridgehead atoms. The fourth-order valence-corrected chi connectivity index (χ4v) is 4.93. The van der Waals surface area contributed by atoms with E-state index in [0.717, 1.165) is 5.56 Å². The summed E-state index contributed by atoms with van der Waals surface area (Å²) in [4.78, 5) is 16.8. The van der Waals surface area contributed by atoms with Crippen LogP contribution in [0.2, 0.25) is 0 Å². The molecular weight excluding hydrogens is 356 g/mol. The summed E-state index contributed by atoms with van der Waals surface area (Å²) < 4.78 is 32.0. The third-order valence-corrected chi connectivity index (χ3v) is 6.79. The van der Waals surface area contributed by atoms with Crippen LogP contribution in [0.25, 0.3) is 0 Å². The van der Waals surface area contributed by atoms with Gasteiger partial charge in [0.25, 0.3) is 0 Å². The average molecular weight is 378 g/mol. The highest BCUT2D eigenvalue weighted by molar-refractivity contribution is 7.89. The normalized spacial score (nSPS) is 16.6. The Labute approximate surface area is 152 Å². The van der Waals surface area contributed by atoms with Crippen molar-refractivity contribution < 1.29 is 17.7 Å². The highest BCUT2D eigenvalue weighted by atomic mass is 32.2. The molecular formula is C17H22N4O4S. The van der Waals surface area contributed by atoms with E-state index in [2.05, 4.69) is 15.5 Å². The SMILES string of the molecule is Cc1cccnc1NC(=O)C1CCN(S(=O)(=O)c2c(C)noc2C)CC1. The molecule has 9 heteroatoms. The Balaban J connectivity index is 1.66. The van der Waals surface area contributed by atoms with Gasteiger partial charge < -0.3 is 9.84 Å². The molecule has 1 saturated heterocycles. The number of sulfonamides is 1. The van der Waals surface area contributed by atoms with E-state index >= 15 is 0 Å². The minimum absolute atomic E-state index is 0.124. The number of aryl methyl sites for hydroxylation is 3. The summed E-state index contributed by atoms with van der Waals surface area (Å²) in [7, 11) is -3.66. The van der Waals surface area contributed by atoms with Gasteiger partial charge in [-0.05, 0) is 45.2 Å². The molecule has 1 fully saturated rings. The van der Waals surface area contributed by atoms with Crippen LogP contribution in [0.3, 0.4) is 0 Å². The number of nitrogens with zero attached hydrogens (tertiary/aromatic N) is 3. The first kappa shape index (κ1) is 18.5. The summed E-state index contributed by atoms with van der Waals surface area (Å²) in [5, 5.41) is 6.56. The van der Waals surface area contributed by atoms with Gasteiger partial charge in [-0.15, -0.1) is 0 Å². The van der Waals surface area contributed by atoms with E-state index in [0.29, 0.717) is 24.4 Å². The lowest BCUT2D eigenvalue weighted by Gasteiger charge is -2.30. The maximum Gasteiger partial charge on any atom is 0.248 e. The van der Waals surface area contributed by atoms with E-state index in [4.69, 9.17) is 4.52 Å². The van der Waals surface area contributed by atoms with Gasteiger partial charge in [-0.25, -0.2) is 13.4 Å². The van der Waals surface area contributed by atoms with Crippen molar-refractivity contribution in [3.05, 3.63) is 35.3 Å². The maximum atomic E-state index is 12.8. The molecule has 0 unspecified atom stereocenters. The van der Waals surface area contributed by atoms with Crippen molar-refractivity contribution in [2.24, 2.45) is 5.92 Å². The van der Waals surface area contributed by atoms with Gasteiger partial charge in [-0.2, -0.15) is 4.31 Å². The van der Waals surface area contributed by atoms with Gasteiger partial charge in [0, 0.05) is 25.2 Å². The quantitative estimate of drug-likeness (QED) is 0.873. The molecule has 0 aromatic carbocycles. The third-order valence-electron chi connectivity index (χ3n) is 4.64. The minimum atomic E-state index is -3.66. The molecule has 0 radical (unpaired) electrons. The number of hydrogen-bond donors (Lipinski definition) is 1. The standard InChI is InChI=1S/C17H22N4O4S/c1-11-5-4-8-18-16(11)19-17(22)14-6-9-21(10-7-14)26(23,24)15-12(2)20-25-13(15)3/h4-5,8,14H,6-7,9-10H2,1-3H3,(H,18,19,22). The molecule has 0 aliphatic carbocycles. The van der Waals surface area contributed by atoms with E-state index in [1.807, 2.05) is 19.1 Å². The average Bonchev–Trinajstić information content (AvgIpc) is 2.96. The zero-order valence-corrected chi connectivity index (χ0v) is 15.8. The Kier molecular flexibility index (Phi) is 5.10. The van der Waals surface area contributed by atoms with Gasteiger partial charge in [0.1, 0.15) is 16.4 Å². The lowest BCUT2D eigenvalue weighted by Crippen LogP contribution is -2.41. The second-order valence-electron chi connectivity index (χ2n) is 6.49. The third kappa shape index (κ3) is 3.49. The van der Waals surface area contributed by atoms with Crippen molar-refractivity contribution >= 4 is 21.7 Å². The molecule has 2 aromatic rings. The van der Waals surface area contributed by atoms with Gasteiger partial charge >= 0.3 is 0 Å². The molecule has 8 nitrogen and oxygen atoms in total. The first-order valence-corrected chi connectivity index (χ1v) is 9.90. The van der Waals surface area contributed by atoms with Crippen LogP contribution in [0.4, 0.5) is 5.82 Å². The van der Waals surface area contributed by atoms with Gasteiger partial charge in [-0.1, -0.05) is 11.2 Å². The van der Waals surface area contributed by atoms with Crippen molar-refractivity contribution in [2.75, 3.05) is 18.4 Å². The monoisotopic (exact) mass is 378 g/mol. The molecule has 1 aliphatic rings. The van der Waals surface area contributed by atoms with Crippen LogP contribution in [-0.2, 0) is 14.8 Å². The molecule has 2 aromatic heterocycles. The summed E-state index contributed by atoms with van der Waals surface area (Å²) in [5.74, 6) is 0.463. The fourth-order valence-electron chi connectivity index (χ4n) is 3.17. The summed E-state index contributed by atoms with van der Waals surface area (Å²) >= 11 is 0. The minimum Gasteiger partial charge on any atom is -0.360 e. The van der Waals surface area contributed by atoms with Crippen LogP contribution in [0.1, 0.15) is 29.9 Å². The highest BCUT2D eigenvalue weighted by Crippen LogP contribution is 2.28. The molecule has 26 heavy (non-hydrogen) atoms. The number of pyridine rings is 1. The van der Waals surface area contributed by atoms with E-state index < -0.39 is 10.0 Å². The Morgan fingerprint density at radius 2 is 1.96 bits per heavy atom. The summed E-state index contributed by atoms with van der Waals surface area (Å²) in [6, 6.07) is 3.68. The lowest BCUT2D eigenvalue weighted by atomic mass is 9.97. The number of carbonyl (C=O) groups excluding carboxylic acids is 1. The molecule has 0 atom stereocenters. The van der Waals surface area contributed by atoms with E-state index in [9.17, 15) is 13.2 Å². The van der Waals surface area contributed by atoms with E-state index in [1.54, 1.807) is 20.0 Å². The fraction of sp³-hybridized carbons (Fsp3) is 0.471. The topological polar surface area (TPSA) is 105 Å². The summed E-state index contributed by atoms with van der Waals surface area (Å²) in [5.41, 5.74) is 1.24. The van der Waals surface area contributed by atoms with E-state index in [-0.39, 0.29) is 35.6 Å². The Morgan fingerprint density at radius 3 is 2.54 bits per heavy atom. The molecule has 0 saturated carbocycles. The number of rotatable bonds is 4. The van der Waals surface area contributed by atoms with Crippen molar-refractivity contribution in [3.63, 3.8) is 0 Å². The molecule has 1 amide bonds. The van der Waals surface area contributed by atoms with Crippen LogP contribution >= 0.6 is 0 Å². The number of amides is 1. The number of nitrogens with one attached hydrogen (secondary N) is 1. The van der Waals surface area contributed by atoms with Crippen LogP contribution < -0.4 is 5.32 Å². The van der Waals surface area contributed by atoms with Crippen molar-refractivity contribution in [3.8, 4) is 0 Å². The smallest absolute Gasteiger partial charge is 0.248 e. The first-order valence-electron chi connectivity index (χ1n) is 8.46. The Morgan fingerprint density at radius 1 is 1.27 bits per heavy atom. The molecule has 3 heterocycles.